The summed E-state index contributed by atoms with van der Waals surface area (Å²) in [7, 11) is 3.50. The molecule has 0 saturated heterocycles. The molecule has 0 saturated carbocycles. The number of aliphatic imine (C=N–C) groups is 1. The van der Waals surface area contributed by atoms with Crippen LogP contribution in [0.3, 0.4) is 0 Å². The molecule has 1 aromatic carbocycles. The van der Waals surface area contributed by atoms with Gasteiger partial charge in [-0.1, -0.05) is 44.2 Å². The highest BCUT2D eigenvalue weighted by Crippen LogP contribution is 2.30. The molecule has 1 aliphatic rings. The summed E-state index contributed by atoms with van der Waals surface area (Å²) >= 11 is 0. The minimum Gasteiger partial charge on any atom is -0.377 e. The second kappa shape index (κ2) is 9.87. The number of nitrogens with one attached hydrogen (secondary N) is 2. The quantitative estimate of drug-likeness (QED) is 0.528. The van der Waals surface area contributed by atoms with E-state index in [1.165, 1.54) is 5.56 Å². The Morgan fingerprint density at radius 3 is 2.69 bits per heavy atom. The van der Waals surface area contributed by atoms with E-state index in [9.17, 15) is 0 Å². The first-order chi connectivity index (χ1) is 14.1. The maximum atomic E-state index is 5.15. The SMILES string of the molecule is CCC(CC)(CNC(=NC)NC1CCc2nc(COC)nn2C1)c1ccccc1. The third kappa shape index (κ3) is 4.96. The van der Waals surface area contributed by atoms with Crippen molar-refractivity contribution in [2.75, 3.05) is 20.7 Å². The monoisotopic (exact) mass is 398 g/mol. The van der Waals surface area contributed by atoms with Crippen LogP contribution in [0, 0.1) is 0 Å². The Kier molecular flexibility index (Phi) is 7.25. The molecule has 0 fully saturated rings. The Labute approximate surface area is 174 Å². The van der Waals surface area contributed by atoms with Gasteiger partial charge in [0.25, 0.3) is 0 Å². The topological polar surface area (TPSA) is 76.4 Å². The van der Waals surface area contributed by atoms with Crippen molar-refractivity contribution in [1.82, 2.24) is 25.4 Å². The fourth-order valence-electron chi connectivity index (χ4n) is 4.11. The molecule has 1 unspecified atom stereocenters. The van der Waals surface area contributed by atoms with Gasteiger partial charge < -0.3 is 15.4 Å². The Hall–Kier alpha value is -2.41. The maximum absolute atomic E-state index is 5.15. The highest BCUT2D eigenvalue weighted by Gasteiger charge is 2.29. The van der Waals surface area contributed by atoms with Gasteiger partial charge in [0.15, 0.2) is 11.8 Å². The molecule has 7 heteroatoms. The first-order valence-corrected chi connectivity index (χ1v) is 10.6. The Morgan fingerprint density at radius 2 is 2.03 bits per heavy atom. The molecule has 0 aliphatic carbocycles. The summed E-state index contributed by atoms with van der Waals surface area (Å²) in [4.78, 5) is 9.02. The molecule has 3 rings (SSSR count). The molecule has 0 spiro atoms. The lowest BCUT2D eigenvalue weighted by molar-refractivity contribution is 0.177. The van der Waals surface area contributed by atoms with Crippen LogP contribution >= 0.6 is 0 Å². The van der Waals surface area contributed by atoms with Gasteiger partial charge in [-0.05, 0) is 24.8 Å². The molecule has 0 radical (unpaired) electrons. The summed E-state index contributed by atoms with van der Waals surface area (Å²) in [5.41, 5.74) is 1.48. The number of hydrogen-bond acceptors (Lipinski definition) is 4. The summed E-state index contributed by atoms with van der Waals surface area (Å²) in [6.45, 7) is 6.62. The van der Waals surface area contributed by atoms with Gasteiger partial charge in [0.2, 0.25) is 0 Å². The summed E-state index contributed by atoms with van der Waals surface area (Å²) in [5.74, 6) is 2.64. The molecule has 1 aliphatic heterocycles. The molecular weight excluding hydrogens is 364 g/mol. The van der Waals surface area contributed by atoms with Gasteiger partial charge in [0, 0.05) is 38.6 Å². The fraction of sp³-hybridized carbons (Fsp3) is 0.591. The highest BCUT2D eigenvalue weighted by molar-refractivity contribution is 5.80. The van der Waals surface area contributed by atoms with Gasteiger partial charge in [-0.2, -0.15) is 5.10 Å². The Morgan fingerprint density at radius 1 is 1.28 bits per heavy atom. The van der Waals surface area contributed by atoms with E-state index in [0.29, 0.717) is 6.61 Å². The molecule has 7 nitrogen and oxygen atoms in total. The largest absolute Gasteiger partial charge is 0.377 e. The number of aromatic nitrogens is 3. The van der Waals surface area contributed by atoms with E-state index in [0.717, 1.165) is 56.4 Å². The minimum absolute atomic E-state index is 0.0968. The van der Waals surface area contributed by atoms with E-state index >= 15 is 0 Å². The average Bonchev–Trinajstić information content (AvgIpc) is 3.16. The number of nitrogens with zero attached hydrogens (tertiary/aromatic N) is 4. The molecule has 1 aromatic heterocycles. The molecule has 2 heterocycles. The van der Waals surface area contributed by atoms with Gasteiger partial charge in [-0.15, -0.1) is 0 Å². The van der Waals surface area contributed by atoms with E-state index in [4.69, 9.17) is 4.74 Å². The van der Waals surface area contributed by atoms with E-state index < -0.39 is 0 Å². The predicted molar refractivity (Wildman–Crippen MR) is 116 cm³/mol. The fourth-order valence-corrected chi connectivity index (χ4v) is 4.11. The van der Waals surface area contributed by atoms with Crippen LogP contribution in [0.15, 0.2) is 35.3 Å². The molecule has 0 amide bonds. The molecule has 0 bridgehead atoms. The number of hydrogen-bond donors (Lipinski definition) is 2. The first-order valence-electron chi connectivity index (χ1n) is 10.6. The van der Waals surface area contributed by atoms with Crippen molar-refractivity contribution in [3.8, 4) is 0 Å². The van der Waals surface area contributed by atoms with Crippen LogP contribution in [0.5, 0.6) is 0 Å². The molecular formula is C22H34N6O. The van der Waals surface area contributed by atoms with Crippen LogP contribution in [0.4, 0.5) is 0 Å². The van der Waals surface area contributed by atoms with Gasteiger partial charge in [0.05, 0.1) is 6.54 Å². The molecule has 29 heavy (non-hydrogen) atoms. The lowest BCUT2D eigenvalue weighted by atomic mass is 9.76. The van der Waals surface area contributed by atoms with Crippen LogP contribution in [-0.2, 0) is 29.7 Å². The number of benzene rings is 1. The zero-order chi connectivity index (χ0) is 20.7. The van der Waals surface area contributed by atoms with Gasteiger partial charge in [-0.3, -0.25) is 4.99 Å². The second-order valence-electron chi connectivity index (χ2n) is 7.72. The summed E-state index contributed by atoms with van der Waals surface area (Å²) < 4.78 is 7.15. The minimum atomic E-state index is 0.0968. The van der Waals surface area contributed by atoms with Crippen molar-refractivity contribution in [1.29, 1.82) is 0 Å². The second-order valence-corrected chi connectivity index (χ2v) is 7.72. The number of aryl methyl sites for hydroxylation is 1. The number of fused-ring (bicyclic) bond motifs is 1. The van der Waals surface area contributed by atoms with Crippen LogP contribution in [-0.4, -0.2) is 47.5 Å². The number of rotatable bonds is 8. The van der Waals surface area contributed by atoms with Crippen LogP contribution in [0.1, 0.15) is 50.3 Å². The van der Waals surface area contributed by atoms with Crippen molar-refractivity contribution in [2.24, 2.45) is 4.99 Å². The van der Waals surface area contributed by atoms with Crippen LogP contribution in [0.2, 0.25) is 0 Å². The highest BCUT2D eigenvalue weighted by atomic mass is 16.5. The summed E-state index contributed by atoms with van der Waals surface area (Å²) in [5, 5.41) is 11.7. The molecule has 2 aromatic rings. The van der Waals surface area contributed by atoms with Crippen molar-refractivity contribution >= 4 is 5.96 Å². The third-order valence-electron chi connectivity index (χ3n) is 6.07. The predicted octanol–water partition coefficient (Wildman–Crippen LogP) is 2.66. The smallest absolute Gasteiger partial charge is 0.191 e. The van der Waals surface area contributed by atoms with Crippen molar-refractivity contribution in [3.05, 3.63) is 47.5 Å². The van der Waals surface area contributed by atoms with Crippen LogP contribution in [0.25, 0.3) is 0 Å². The third-order valence-corrected chi connectivity index (χ3v) is 6.07. The van der Waals surface area contributed by atoms with Crippen molar-refractivity contribution in [2.45, 2.75) is 64.1 Å². The van der Waals surface area contributed by atoms with Gasteiger partial charge in [-0.25, -0.2) is 9.67 Å². The van der Waals surface area contributed by atoms with E-state index in [1.54, 1.807) is 7.11 Å². The van der Waals surface area contributed by atoms with Gasteiger partial charge >= 0.3 is 0 Å². The standard InChI is InChI=1S/C22H34N6O/c1-5-22(6-2,17-10-8-7-9-11-17)16-24-21(23-3)25-18-12-13-20-26-19(15-29-4)27-28(20)14-18/h7-11,18H,5-6,12-16H2,1-4H3,(H2,23,24,25). The van der Waals surface area contributed by atoms with Crippen molar-refractivity contribution in [3.63, 3.8) is 0 Å². The number of methoxy groups -OCH3 is 1. The lowest BCUT2D eigenvalue weighted by Crippen LogP contribution is -2.50. The molecule has 158 valence electrons. The van der Waals surface area contributed by atoms with E-state index in [1.807, 2.05) is 11.7 Å². The zero-order valence-corrected chi connectivity index (χ0v) is 18.1. The molecule has 1 atom stereocenters. The Bertz CT molecular complexity index is 797. The van der Waals surface area contributed by atoms with Gasteiger partial charge in [0.1, 0.15) is 12.4 Å². The normalized spacial score (nSPS) is 17.1. The number of guanidine groups is 1. The Balaban J connectivity index is 1.62. The summed E-state index contributed by atoms with van der Waals surface area (Å²) in [6, 6.07) is 11.1. The van der Waals surface area contributed by atoms with E-state index in [-0.39, 0.29) is 11.5 Å². The lowest BCUT2D eigenvalue weighted by Gasteiger charge is -2.34. The molecule has 2 N–H and O–H groups in total. The first kappa shape index (κ1) is 21.3. The average molecular weight is 399 g/mol. The van der Waals surface area contributed by atoms with Crippen LogP contribution < -0.4 is 10.6 Å². The van der Waals surface area contributed by atoms with E-state index in [2.05, 4.69) is 69.9 Å². The number of ether oxygens (including phenoxy) is 1. The maximum Gasteiger partial charge on any atom is 0.191 e. The zero-order valence-electron chi connectivity index (χ0n) is 18.1. The van der Waals surface area contributed by atoms with Crippen molar-refractivity contribution < 1.29 is 4.74 Å². The summed E-state index contributed by atoms with van der Waals surface area (Å²) in [6.07, 6.45) is 4.07.